The molecule has 2 saturated heterocycles. The SMILES string of the molecule is O=CC1CN(S(=O)(=O)c2ccc3cc(Cl)ccc3c2)CC(=O)N1CC1CCN(c2ccncc2)CC1. The van der Waals surface area contributed by atoms with E-state index >= 15 is 0 Å². The summed E-state index contributed by atoms with van der Waals surface area (Å²) in [5.41, 5.74) is 1.13. The van der Waals surface area contributed by atoms with Gasteiger partial charge < -0.3 is 14.6 Å². The van der Waals surface area contributed by atoms with Gasteiger partial charge in [-0.25, -0.2) is 8.42 Å². The Labute approximate surface area is 215 Å². The number of pyridine rings is 1. The van der Waals surface area contributed by atoms with Crippen LogP contribution in [0.15, 0.2) is 65.8 Å². The normalized spacial score (nSPS) is 20.1. The number of piperazine rings is 1. The molecular formula is C26H27ClN4O4S. The van der Waals surface area contributed by atoms with Crippen molar-refractivity contribution in [2.75, 3.05) is 37.6 Å². The molecule has 0 spiro atoms. The molecule has 1 aromatic heterocycles. The van der Waals surface area contributed by atoms with Crippen LogP contribution in [0.4, 0.5) is 5.69 Å². The average molecular weight is 527 g/mol. The molecule has 5 rings (SSSR count). The molecule has 0 bridgehead atoms. The van der Waals surface area contributed by atoms with E-state index in [4.69, 9.17) is 11.6 Å². The summed E-state index contributed by atoms with van der Waals surface area (Å²) in [5, 5.41) is 2.12. The number of halogens is 1. The van der Waals surface area contributed by atoms with Crippen LogP contribution in [-0.2, 0) is 19.6 Å². The Morgan fingerprint density at radius 3 is 2.42 bits per heavy atom. The van der Waals surface area contributed by atoms with Crippen molar-refractivity contribution in [3.63, 3.8) is 0 Å². The van der Waals surface area contributed by atoms with Gasteiger partial charge in [-0.3, -0.25) is 9.78 Å². The minimum atomic E-state index is -3.95. The first kappa shape index (κ1) is 24.7. The minimum Gasteiger partial charge on any atom is -0.371 e. The lowest BCUT2D eigenvalue weighted by molar-refractivity contribution is -0.141. The zero-order valence-corrected chi connectivity index (χ0v) is 21.2. The van der Waals surface area contributed by atoms with E-state index in [1.54, 1.807) is 47.6 Å². The maximum atomic E-state index is 13.4. The molecule has 2 aromatic carbocycles. The van der Waals surface area contributed by atoms with Crippen molar-refractivity contribution in [3.8, 4) is 0 Å². The second-order valence-corrected chi connectivity index (χ2v) is 11.7. The highest BCUT2D eigenvalue weighted by molar-refractivity contribution is 7.89. The smallest absolute Gasteiger partial charge is 0.243 e. The molecule has 1 atom stereocenters. The van der Waals surface area contributed by atoms with Gasteiger partial charge in [0, 0.05) is 49.3 Å². The molecule has 0 saturated carbocycles. The Morgan fingerprint density at radius 1 is 1.00 bits per heavy atom. The number of benzene rings is 2. The molecule has 10 heteroatoms. The molecule has 188 valence electrons. The maximum Gasteiger partial charge on any atom is 0.243 e. The Morgan fingerprint density at radius 2 is 1.69 bits per heavy atom. The van der Waals surface area contributed by atoms with Crippen molar-refractivity contribution in [1.82, 2.24) is 14.2 Å². The minimum absolute atomic E-state index is 0.0495. The highest BCUT2D eigenvalue weighted by Gasteiger charge is 2.39. The lowest BCUT2D eigenvalue weighted by atomic mass is 9.95. The molecule has 1 amide bonds. The first-order valence-corrected chi connectivity index (χ1v) is 13.8. The van der Waals surface area contributed by atoms with Crippen molar-refractivity contribution >= 4 is 50.3 Å². The summed E-state index contributed by atoms with van der Waals surface area (Å²) in [6.45, 7) is 1.84. The summed E-state index contributed by atoms with van der Waals surface area (Å²) in [6.07, 6.45) is 6.02. The maximum absolute atomic E-state index is 13.4. The van der Waals surface area contributed by atoms with Crippen LogP contribution in [0.5, 0.6) is 0 Å². The molecule has 0 N–H and O–H groups in total. The van der Waals surface area contributed by atoms with Crippen LogP contribution in [0.2, 0.25) is 5.02 Å². The van der Waals surface area contributed by atoms with E-state index in [0.717, 1.165) is 46.7 Å². The first-order valence-electron chi connectivity index (χ1n) is 11.9. The molecule has 1 unspecified atom stereocenters. The van der Waals surface area contributed by atoms with Crippen LogP contribution in [-0.4, -0.2) is 73.6 Å². The molecule has 2 aliphatic heterocycles. The summed E-state index contributed by atoms with van der Waals surface area (Å²) in [6, 6.07) is 13.2. The van der Waals surface area contributed by atoms with Crippen LogP contribution >= 0.6 is 11.6 Å². The van der Waals surface area contributed by atoms with Crippen molar-refractivity contribution in [3.05, 3.63) is 65.9 Å². The highest BCUT2D eigenvalue weighted by Crippen LogP contribution is 2.28. The van der Waals surface area contributed by atoms with Crippen LogP contribution in [0.3, 0.4) is 0 Å². The molecule has 3 heterocycles. The number of nitrogens with zero attached hydrogens (tertiary/aromatic N) is 4. The van der Waals surface area contributed by atoms with Gasteiger partial charge in [0.2, 0.25) is 15.9 Å². The quantitative estimate of drug-likeness (QED) is 0.458. The zero-order valence-electron chi connectivity index (χ0n) is 19.7. The second-order valence-electron chi connectivity index (χ2n) is 9.34. The van der Waals surface area contributed by atoms with Crippen molar-refractivity contribution in [2.24, 2.45) is 5.92 Å². The predicted molar refractivity (Wildman–Crippen MR) is 138 cm³/mol. The Bertz CT molecular complexity index is 1380. The molecule has 0 aliphatic carbocycles. The van der Waals surface area contributed by atoms with Gasteiger partial charge in [-0.1, -0.05) is 23.7 Å². The van der Waals surface area contributed by atoms with E-state index in [1.165, 1.54) is 6.07 Å². The molecule has 2 fully saturated rings. The number of sulfonamides is 1. The number of aromatic nitrogens is 1. The molecule has 2 aliphatic rings. The molecule has 3 aromatic rings. The van der Waals surface area contributed by atoms with E-state index < -0.39 is 16.1 Å². The van der Waals surface area contributed by atoms with Crippen molar-refractivity contribution < 1.29 is 18.0 Å². The molecule has 8 nitrogen and oxygen atoms in total. The first-order chi connectivity index (χ1) is 17.3. The number of hydrogen-bond donors (Lipinski definition) is 0. The largest absolute Gasteiger partial charge is 0.371 e. The fourth-order valence-corrected chi connectivity index (χ4v) is 6.67. The summed E-state index contributed by atoms with van der Waals surface area (Å²) < 4.78 is 27.9. The lowest BCUT2D eigenvalue weighted by Crippen LogP contribution is -2.59. The third kappa shape index (κ3) is 4.96. The Balaban J connectivity index is 1.26. The fraction of sp³-hybridized carbons (Fsp3) is 0.346. The van der Waals surface area contributed by atoms with E-state index in [2.05, 4.69) is 9.88 Å². The van der Waals surface area contributed by atoms with Gasteiger partial charge in [0.05, 0.1) is 11.4 Å². The number of carbonyl (C=O) groups is 2. The number of carbonyl (C=O) groups excluding carboxylic acids is 2. The van der Waals surface area contributed by atoms with Crippen molar-refractivity contribution in [2.45, 2.75) is 23.8 Å². The van der Waals surface area contributed by atoms with Crippen molar-refractivity contribution in [1.29, 1.82) is 0 Å². The third-order valence-electron chi connectivity index (χ3n) is 7.09. The number of piperidine rings is 1. The number of anilines is 1. The molecular weight excluding hydrogens is 500 g/mol. The van der Waals surface area contributed by atoms with Gasteiger partial charge >= 0.3 is 0 Å². The van der Waals surface area contributed by atoms with Crippen LogP contribution < -0.4 is 4.90 Å². The lowest BCUT2D eigenvalue weighted by Gasteiger charge is -2.41. The van der Waals surface area contributed by atoms with E-state index in [9.17, 15) is 18.0 Å². The third-order valence-corrected chi connectivity index (χ3v) is 9.13. The molecule has 0 radical (unpaired) electrons. The fourth-order valence-electron chi connectivity index (χ4n) is 5.05. The topological polar surface area (TPSA) is 90.9 Å². The molecule has 36 heavy (non-hydrogen) atoms. The van der Waals surface area contributed by atoms with Gasteiger partial charge in [0.1, 0.15) is 12.3 Å². The van der Waals surface area contributed by atoms with Gasteiger partial charge in [-0.2, -0.15) is 4.31 Å². The summed E-state index contributed by atoms with van der Waals surface area (Å²) >= 11 is 6.03. The van der Waals surface area contributed by atoms with Gasteiger partial charge in [-0.15, -0.1) is 0 Å². The zero-order chi connectivity index (χ0) is 25.3. The van der Waals surface area contributed by atoms with Crippen LogP contribution in [0.1, 0.15) is 12.8 Å². The number of fused-ring (bicyclic) bond motifs is 1. The predicted octanol–water partition coefficient (Wildman–Crippen LogP) is 3.21. The van der Waals surface area contributed by atoms with E-state index in [1.807, 2.05) is 12.1 Å². The van der Waals surface area contributed by atoms with Crippen LogP contribution in [0.25, 0.3) is 10.8 Å². The Kier molecular flexibility index (Phi) is 6.96. The number of aldehydes is 1. The average Bonchev–Trinajstić information content (AvgIpc) is 2.90. The van der Waals surface area contributed by atoms with Gasteiger partial charge in [-0.05, 0) is 65.9 Å². The standard InChI is InChI=1S/C26H27ClN4O4S/c27-22-3-1-21-14-25(4-2-20(21)13-22)36(34,35)30-16-24(18-32)31(26(33)17-30)15-19-7-11-29(12-8-19)23-5-9-28-10-6-23/h1-6,9-10,13-14,18-19,24H,7-8,11-12,15-17H2. The summed E-state index contributed by atoms with van der Waals surface area (Å²) in [5.74, 6) is -0.0870. The Hall–Kier alpha value is -3.01. The van der Waals surface area contributed by atoms with E-state index in [-0.39, 0.29) is 29.8 Å². The van der Waals surface area contributed by atoms with Gasteiger partial charge in [0.15, 0.2) is 0 Å². The van der Waals surface area contributed by atoms with E-state index in [0.29, 0.717) is 17.9 Å². The number of amides is 1. The monoisotopic (exact) mass is 526 g/mol. The number of hydrogen-bond acceptors (Lipinski definition) is 6. The van der Waals surface area contributed by atoms with Crippen LogP contribution in [0, 0.1) is 5.92 Å². The highest BCUT2D eigenvalue weighted by atomic mass is 35.5. The number of rotatable bonds is 6. The second kappa shape index (κ2) is 10.2. The summed E-state index contributed by atoms with van der Waals surface area (Å²) in [7, 11) is -3.95. The summed E-state index contributed by atoms with van der Waals surface area (Å²) in [4.78, 5) is 33.1. The van der Waals surface area contributed by atoms with Gasteiger partial charge in [0.25, 0.3) is 0 Å².